The molecule has 0 radical (unpaired) electrons. The van der Waals surface area contributed by atoms with Crippen molar-refractivity contribution in [1.29, 1.82) is 0 Å². The van der Waals surface area contributed by atoms with E-state index in [-0.39, 0.29) is 5.57 Å². The second-order valence-corrected chi connectivity index (χ2v) is 8.11. The Morgan fingerprint density at radius 1 is 0.882 bits per heavy atom. The summed E-state index contributed by atoms with van der Waals surface area (Å²) in [5, 5.41) is 9.27. The van der Waals surface area contributed by atoms with Gasteiger partial charge in [0.15, 0.2) is 0 Å². The number of carbonyl (C=O) groups is 3. The maximum absolute atomic E-state index is 11.7. The van der Waals surface area contributed by atoms with Crippen LogP contribution in [0.5, 0.6) is 5.75 Å². The fourth-order valence-electron chi connectivity index (χ4n) is 3.05. The van der Waals surface area contributed by atoms with Crippen molar-refractivity contribution in [3.63, 3.8) is 0 Å². The number of esters is 2. The zero-order valence-electron chi connectivity index (χ0n) is 19.8. The van der Waals surface area contributed by atoms with E-state index in [1.54, 1.807) is 39.0 Å². The first-order valence-electron chi connectivity index (χ1n) is 10.9. The minimum Gasteiger partial charge on any atom is -0.478 e. The van der Waals surface area contributed by atoms with E-state index in [4.69, 9.17) is 9.47 Å². The second kappa shape index (κ2) is 12.3. The van der Waals surface area contributed by atoms with Crippen LogP contribution in [-0.2, 0) is 25.5 Å². The lowest BCUT2D eigenvalue weighted by atomic mass is 9.95. The normalized spacial score (nSPS) is 11.0. The summed E-state index contributed by atoms with van der Waals surface area (Å²) >= 11 is 0. The molecule has 0 atom stereocenters. The number of benzene rings is 2. The fraction of sp³-hybridized carbons (Fsp3) is 0.250. The van der Waals surface area contributed by atoms with Gasteiger partial charge in [-0.3, -0.25) is 0 Å². The van der Waals surface area contributed by atoms with Crippen LogP contribution < -0.4 is 4.74 Å². The van der Waals surface area contributed by atoms with Crippen LogP contribution >= 0.6 is 0 Å². The smallest absolute Gasteiger partial charge is 0.338 e. The Labute approximate surface area is 200 Å². The van der Waals surface area contributed by atoms with Crippen molar-refractivity contribution in [2.45, 2.75) is 40.0 Å². The number of rotatable bonds is 11. The number of ether oxygens (including phenoxy) is 2. The first-order chi connectivity index (χ1) is 16.1. The molecule has 0 spiro atoms. The molecule has 0 bridgehead atoms. The minimum absolute atomic E-state index is 0.244. The van der Waals surface area contributed by atoms with Gasteiger partial charge < -0.3 is 14.6 Å². The summed E-state index contributed by atoms with van der Waals surface area (Å²) < 4.78 is 10.4. The minimum atomic E-state index is -0.971. The van der Waals surface area contributed by atoms with E-state index in [1.807, 2.05) is 30.3 Å². The molecule has 0 aromatic heterocycles. The molecule has 0 fully saturated rings. The molecule has 1 N–H and O–H groups in total. The molecule has 0 unspecified atom stereocenters. The van der Waals surface area contributed by atoms with Crippen LogP contribution in [0.4, 0.5) is 0 Å². The molecule has 0 saturated heterocycles. The number of hydrogen-bond acceptors (Lipinski definition) is 5. The highest BCUT2D eigenvalue weighted by atomic mass is 16.5. The van der Waals surface area contributed by atoms with Crippen LogP contribution in [0.3, 0.4) is 0 Å². The zero-order chi connectivity index (χ0) is 25.3. The fourth-order valence-corrected chi connectivity index (χ4v) is 3.05. The van der Waals surface area contributed by atoms with E-state index in [1.165, 1.54) is 0 Å². The predicted octanol–water partition coefficient (Wildman–Crippen LogP) is 5.77. The van der Waals surface area contributed by atoms with Gasteiger partial charge in [-0.2, -0.15) is 0 Å². The summed E-state index contributed by atoms with van der Waals surface area (Å²) in [4.78, 5) is 34.5. The standard InChI is InChI=1S/C28H30O6/c1-18(2)27(31)33-15-7-6-8-22-17-24(10-9-23(22)16-20(5)26(29)30)21-11-13-25(14-12-21)34-28(32)19(3)4/h9-14,16-17H,1,3,6-8,15H2,2,4-5H3,(H,29,30). The number of unbranched alkanes of at least 4 members (excludes halogenated alkanes) is 1. The van der Waals surface area contributed by atoms with Gasteiger partial charge in [0, 0.05) is 16.7 Å². The molecular weight excluding hydrogens is 432 g/mol. The van der Waals surface area contributed by atoms with Crippen LogP contribution in [0, 0.1) is 0 Å². The number of carbonyl (C=O) groups excluding carboxylic acids is 2. The van der Waals surface area contributed by atoms with Gasteiger partial charge >= 0.3 is 17.9 Å². The van der Waals surface area contributed by atoms with Crippen LogP contribution in [0.1, 0.15) is 44.7 Å². The van der Waals surface area contributed by atoms with Gasteiger partial charge in [0.1, 0.15) is 5.75 Å². The predicted molar refractivity (Wildman–Crippen MR) is 132 cm³/mol. The van der Waals surface area contributed by atoms with Crippen molar-refractivity contribution in [2.24, 2.45) is 0 Å². The maximum atomic E-state index is 11.7. The quantitative estimate of drug-likeness (QED) is 0.197. The third kappa shape index (κ3) is 7.89. The molecule has 2 aromatic carbocycles. The number of carboxylic acid groups (broad SMARTS) is 1. The van der Waals surface area contributed by atoms with E-state index in [0.717, 1.165) is 28.7 Å². The molecule has 2 aromatic rings. The molecule has 6 nitrogen and oxygen atoms in total. The summed E-state index contributed by atoms with van der Waals surface area (Å²) in [5.74, 6) is -1.42. The van der Waals surface area contributed by atoms with Crippen LogP contribution in [0.2, 0.25) is 0 Å². The summed E-state index contributed by atoms with van der Waals surface area (Å²) in [7, 11) is 0. The van der Waals surface area contributed by atoms with Gasteiger partial charge in [0.25, 0.3) is 0 Å². The lowest BCUT2D eigenvalue weighted by Crippen LogP contribution is -2.07. The Bertz CT molecular complexity index is 1120. The molecule has 0 heterocycles. The van der Waals surface area contributed by atoms with E-state index >= 15 is 0 Å². The van der Waals surface area contributed by atoms with E-state index in [0.29, 0.717) is 36.3 Å². The number of aryl methyl sites for hydroxylation is 1. The molecular formula is C28H30O6. The van der Waals surface area contributed by atoms with Crippen molar-refractivity contribution in [3.05, 3.63) is 83.5 Å². The molecule has 2 rings (SSSR count). The Morgan fingerprint density at radius 2 is 1.50 bits per heavy atom. The topological polar surface area (TPSA) is 89.9 Å². The lowest BCUT2D eigenvalue weighted by molar-refractivity contribution is -0.139. The van der Waals surface area contributed by atoms with Crippen LogP contribution in [0.25, 0.3) is 17.2 Å². The largest absolute Gasteiger partial charge is 0.478 e. The van der Waals surface area contributed by atoms with Gasteiger partial charge in [-0.15, -0.1) is 0 Å². The Kier molecular flexibility index (Phi) is 9.56. The average molecular weight is 463 g/mol. The summed E-state index contributed by atoms with van der Waals surface area (Å²) in [5.41, 5.74) is 4.63. The Morgan fingerprint density at radius 3 is 2.09 bits per heavy atom. The first-order valence-corrected chi connectivity index (χ1v) is 10.9. The maximum Gasteiger partial charge on any atom is 0.338 e. The Balaban J connectivity index is 2.21. The molecule has 0 amide bonds. The molecule has 0 saturated carbocycles. The summed E-state index contributed by atoms with van der Waals surface area (Å²) in [6.07, 6.45) is 3.77. The Hall–Kier alpha value is -3.93. The second-order valence-electron chi connectivity index (χ2n) is 8.11. The van der Waals surface area contributed by atoms with Crippen LogP contribution in [0.15, 0.2) is 72.3 Å². The van der Waals surface area contributed by atoms with Crippen molar-refractivity contribution in [1.82, 2.24) is 0 Å². The van der Waals surface area contributed by atoms with Gasteiger partial charge in [0.05, 0.1) is 6.61 Å². The first kappa shape index (κ1) is 26.3. The van der Waals surface area contributed by atoms with Crippen molar-refractivity contribution in [2.75, 3.05) is 6.61 Å². The molecule has 0 aliphatic rings. The number of aliphatic carboxylic acids is 1. The molecule has 6 heteroatoms. The average Bonchev–Trinajstić information content (AvgIpc) is 2.79. The monoisotopic (exact) mass is 462 g/mol. The molecule has 34 heavy (non-hydrogen) atoms. The SMILES string of the molecule is C=C(C)C(=O)OCCCCc1cc(-c2ccc(OC(=O)C(=C)C)cc2)ccc1C=C(C)C(=O)O. The van der Waals surface area contributed by atoms with Gasteiger partial charge in [-0.05, 0) is 80.5 Å². The van der Waals surface area contributed by atoms with Crippen molar-refractivity contribution >= 4 is 24.0 Å². The highest BCUT2D eigenvalue weighted by Gasteiger charge is 2.10. The van der Waals surface area contributed by atoms with Crippen molar-refractivity contribution < 1.29 is 29.0 Å². The van der Waals surface area contributed by atoms with Gasteiger partial charge in [-0.25, -0.2) is 14.4 Å². The molecule has 178 valence electrons. The molecule has 0 aliphatic heterocycles. The highest BCUT2D eigenvalue weighted by molar-refractivity contribution is 5.92. The van der Waals surface area contributed by atoms with E-state index in [2.05, 4.69) is 13.2 Å². The highest BCUT2D eigenvalue weighted by Crippen LogP contribution is 2.27. The third-order valence-electron chi connectivity index (χ3n) is 5.02. The number of carboxylic acids is 1. The van der Waals surface area contributed by atoms with E-state index in [9.17, 15) is 19.5 Å². The van der Waals surface area contributed by atoms with Crippen LogP contribution in [-0.4, -0.2) is 29.6 Å². The summed E-state index contributed by atoms with van der Waals surface area (Å²) in [6, 6.07) is 13.0. The lowest BCUT2D eigenvalue weighted by Gasteiger charge is -2.12. The molecule has 0 aliphatic carbocycles. The third-order valence-corrected chi connectivity index (χ3v) is 5.02. The summed E-state index contributed by atoms with van der Waals surface area (Å²) in [6.45, 7) is 12.2. The van der Waals surface area contributed by atoms with Gasteiger partial charge in [-0.1, -0.05) is 43.5 Å². The van der Waals surface area contributed by atoms with E-state index < -0.39 is 17.9 Å². The van der Waals surface area contributed by atoms with Crippen molar-refractivity contribution in [3.8, 4) is 16.9 Å². The van der Waals surface area contributed by atoms with Gasteiger partial charge in [0.2, 0.25) is 0 Å². The zero-order valence-corrected chi connectivity index (χ0v) is 19.8. The number of hydrogen-bond donors (Lipinski definition) is 1.